The predicted molar refractivity (Wildman–Crippen MR) is 102 cm³/mol. The lowest BCUT2D eigenvalue weighted by Gasteiger charge is -2.34. The smallest absolute Gasteiger partial charge is 0.326 e. The topological polar surface area (TPSA) is 95.0 Å². The van der Waals surface area contributed by atoms with Crippen LogP contribution in [0.25, 0.3) is 0 Å². The van der Waals surface area contributed by atoms with Crippen LogP contribution < -0.4 is 0 Å². The van der Waals surface area contributed by atoms with Gasteiger partial charge in [0, 0.05) is 26.1 Å². The second-order valence-corrected chi connectivity index (χ2v) is 9.24. The van der Waals surface area contributed by atoms with Crippen molar-refractivity contribution in [1.29, 1.82) is 0 Å². The molecule has 1 aliphatic heterocycles. The summed E-state index contributed by atoms with van der Waals surface area (Å²) in [5.74, 6) is -1.66. The first-order valence-electron chi connectivity index (χ1n) is 9.04. The van der Waals surface area contributed by atoms with Crippen molar-refractivity contribution in [3.8, 4) is 0 Å². The van der Waals surface area contributed by atoms with Crippen LogP contribution in [0, 0.1) is 26.7 Å². The summed E-state index contributed by atoms with van der Waals surface area (Å²) in [5, 5.41) is 9.06. The van der Waals surface area contributed by atoms with Gasteiger partial charge in [-0.3, -0.25) is 4.79 Å². The number of amides is 1. The van der Waals surface area contributed by atoms with Gasteiger partial charge in [-0.1, -0.05) is 17.7 Å². The number of hydrogen-bond acceptors (Lipinski definition) is 4. The Morgan fingerprint density at radius 2 is 1.63 bits per heavy atom. The fourth-order valence-electron chi connectivity index (χ4n) is 3.69. The van der Waals surface area contributed by atoms with Crippen LogP contribution in [-0.2, 0) is 19.6 Å². The van der Waals surface area contributed by atoms with Crippen molar-refractivity contribution in [3.63, 3.8) is 0 Å². The maximum Gasteiger partial charge on any atom is 0.326 e. The largest absolute Gasteiger partial charge is 0.480 e. The van der Waals surface area contributed by atoms with Gasteiger partial charge in [0.25, 0.3) is 0 Å². The molecule has 0 radical (unpaired) electrons. The Balaban J connectivity index is 2.13. The van der Waals surface area contributed by atoms with Crippen LogP contribution in [0.3, 0.4) is 0 Å². The number of aliphatic carboxylic acids is 1. The Kier molecular flexibility index (Phi) is 6.32. The van der Waals surface area contributed by atoms with Gasteiger partial charge in [-0.15, -0.1) is 0 Å². The normalized spacial score (nSPS) is 17.5. The Morgan fingerprint density at radius 1 is 1.15 bits per heavy atom. The van der Waals surface area contributed by atoms with Crippen molar-refractivity contribution in [2.45, 2.75) is 51.5 Å². The highest BCUT2D eigenvalue weighted by Crippen LogP contribution is 2.29. The first-order valence-corrected chi connectivity index (χ1v) is 10.5. The number of aryl methyl sites for hydroxylation is 3. The molecule has 0 bridgehead atoms. The maximum absolute atomic E-state index is 13.1. The number of carboxylic acid groups (broad SMARTS) is 1. The first kappa shape index (κ1) is 21.4. The number of carboxylic acids is 1. The molecule has 1 aromatic carbocycles. The van der Waals surface area contributed by atoms with Crippen LogP contribution in [0.4, 0.5) is 0 Å². The zero-order chi connectivity index (χ0) is 20.5. The third-order valence-corrected chi connectivity index (χ3v) is 7.50. The van der Waals surface area contributed by atoms with Crippen molar-refractivity contribution in [2.75, 3.05) is 20.1 Å². The number of rotatable bonds is 5. The SMILES string of the molecule is Cc1cc(C)c(S(=O)(=O)N2CCC(C(=O)N(C)C(C)C(=O)O)CC2)c(C)c1. The van der Waals surface area contributed by atoms with E-state index in [1.807, 2.05) is 19.1 Å². The minimum absolute atomic E-state index is 0.246. The average molecular weight is 397 g/mol. The molecule has 7 nitrogen and oxygen atoms in total. The molecule has 8 heteroatoms. The zero-order valence-corrected chi connectivity index (χ0v) is 17.3. The van der Waals surface area contributed by atoms with E-state index in [2.05, 4.69) is 0 Å². The maximum atomic E-state index is 13.1. The third kappa shape index (κ3) is 4.32. The summed E-state index contributed by atoms with van der Waals surface area (Å²) in [6.45, 7) is 7.49. The lowest BCUT2D eigenvalue weighted by atomic mass is 9.96. The molecule has 1 N–H and O–H groups in total. The summed E-state index contributed by atoms with van der Waals surface area (Å²) < 4.78 is 27.6. The molecule has 0 aliphatic carbocycles. The summed E-state index contributed by atoms with van der Waals surface area (Å²) >= 11 is 0. The lowest BCUT2D eigenvalue weighted by molar-refractivity contribution is -0.150. The third-order valence-electron chi connectivity index (χ3n) is 5.29. The lowest BCUT2D eigenvalue weighted by Crippen LogP contribution is -2.47. The van der Waals surface area contributed by atoms with E-state index >= 15 is 0 Å². The summed E-state index contributed by atoms with van der Waals surface area (Å²) in [5.41, 5.74) is 2.46. The molecule has 1 aromatic rings. The first-order chi connectivity index (χ1) is 12.5. The van der Waals surface area contributed by atoms with Crippen LogP contribution in [0.2, 0.25) is 0 Å². The number of carbonyl (C=O) groups excluding carboxylic acids is 1. The zero-order valence-electron chi connectivity index (χ0n) is 16.5. The predicted octanol–water partition coefficient (Wildman–Crippen LogP) is 1.94. The molecule has 27 heavy (non-hydrogen) atoms. The van der Waals surface area contributed by atoms with E-state index in [1.165, 1.54) is 23.2 Å². The molecule has 1 aliphatic rings. The molecule has 1 amide bonds. The van der Waals surface area contributed by atoms with Gasteiger partial charge in [0.2, 0.25) is 15.9 Å². The molecule has 0 saturated carbocycles. The quantitative estimate of drug-likeness (QED) is 0.821. The van der Waals surface area contributed by atoms with Gasteiger partial charge >= 0.3 is 5.97 Å². The standard InChI is InChI=1S/C19H28N2O5S/c1-12-10-13(2)17(14(3)11-12)27(25,26)21-8-6-16(7-9-21)18(22)20(5)15(4)19(23)24/h10-11,15-16H,6-9H2,1-5H3,(H,23,24). The van der Waals surface area contributed by atoms with Gasteiger partial charge in [-0.25, -0.2) is 13.2 Å². The van der Waals surface area contributed by atoms with Crippen LogP contribution >= 0.6 is 0 Å². The summed E-state index contributed by atoms with van der Waals surface area (Å²) in [4.78, 5) is 25.2. The number of likely N-dealkylation sites (N-methyl/N-ethyl adjacent to an activating group) is 1. The van der Waals surface area contributed by atoms with Crippen LogP contribution in [-0.4, -0.2) is 60.8 Å². The van der Waals surface area contributed by atoms with E-state index in [-0.39, 0.29) is 24.9 Å². The number of sulfonamides is 1. The summed E-state index contributed by atoms with van der Waals surface area (Å²) in [6, 6.07) is 2.81. The molecular weight excluding hydrogens is 368 g/mol. The van der Waals surface area contributed by atoms with E-state index in [0.717, 1.165) is 16.7 Å². The second-order valence-electron chi connectivity index (χ2n) is 7.37. The molecule has 2 rings (SSSR count). The van der Waals surface area contributed by atoms with E-state index in [0.29, 0.717) is 17.7 Å². The number of benzene rings is 1. The van der Waals surface area contributed by atoms with Crippen molar-refractivity contribution in [2.24, 2.45) is 5.92 Å². The molecule has 0 spiro atoms. The van der Waals surface area contributed by atoms with E-state index < -0.39 is 22.0 Å². The Labute approximate surface area is 161 Å². The molecule has 1 atom stereocenters. The van der Waals surface area contributed by atoms with Gasteiger partial charge in [0.15, 0.2) is 0 Å². The fraction of sp³-hybridized carbons (Fsp3) is 0.579. The fourth-order valence-corrected chi connectivity index (χ4v) is 5.57. The van der Waals surface area contributed by atoms with Crippen LogP contribution in [0.5, 0.6) is 0 Å². The molecule has 0 aromatic heterocycles. The minimum Gasteiger partial charge on any atom is -0.480 e. The second kappa shape index (κ2) is 7.98. The van der Waals surface area contributed by atoms with Crippen molar-refractivity contribution < 1.29 is 23.1 Å². The van der Waals surface area contributed by atoms with Gasteiger partial charge in [-0.2, -0.15) is 4.31 Å². The van der Waals surface area contributed by atoms with Crippen molar-refractivity contribution in [3.05, 3.63) is 28.8 Å². The molecule has 1 heterocycles. The monoisotopic (exact) mass is 396 g/mol. The highest BCUT2D eigenvalue weighted by Gasteiger charge is 2.35. The molecule has 1 fully saturated rings. The Bertz CT molecular complexity index is 819. The average Bonchev–Trinajstić information content (AvgIpc) is 2.58. The number of piperidine rings is 1. The van der Waals surface area contributed by atoms with Crippen molar-refractivity contribution in [1.82, 2.24) is 9.21 Å². The molecule has 1 unspecified atom stereocenters. The molecule has 1 saturated heterocycles. The summed E-state index contributed by atoms with van der Waals surface area (Å²) in [6.07, 6.45) is 0.775. The van der Waals surface area contributed by atoms with Gasteiger partial charge in [0.1, 0.15) is 6.04 Å². The van der Waals surface area contributed by atoms with E-state index in [4.69, 9.17) is 5.11 Å². The Hall–Kier alpha value is -1.93. The van der Waals surface area contributed by atoms with Gasteiger partial charge in [-0.05, 0) is 51.7 Å². The molecular formula is C19H28N2O5S. The highest BCUT2D eigenvalue weighted by atomic mass is 32.2. The Morgan fingerprint density at radius 3 is 2.07 bits per heavy atom. The number of carbonyl (C=O) groups is 2. The minimum atomic E-state index is -3.62. The van der Waals surface area contributed by atoms with E-state index in [9.17, 15) is 18.0 Å². The van der Waals surface area contributed by atoms with Gasteiger partial charge < -0.3 is 10.0 Å². The number of hydrogen-bond donors (Lipinski definition) is 1. The van der Waals surface area contributed by atoms with E-state index in [1.54, 1.807) is 13.8 Å². The number of nitrogens with zero attached hydrogens (tertiary/aromatic N) is 2. The summed E-state index contributed by atoms with van der Waals surface area (Å²) in [7, 11) is -2.15. The molecule has 150 valence electrons. The van der Waals surface area contributed by atoms with Gasteiger partial charge in [0.05, 0.1) is 4.90 Å². The highest BCUT2D eigenvalue weighted by molar-refractivity contribution is 7.89. The van der Waals surface area contributed by atoms with Crippen molar-refractivity contribution >= 4 is 21.9 Å². The van der Waals surface area contributed by atoms with Crippen LogP contribution in [0.15, 0.2) is 17.0 Å². The van der Waals surface area contributed by atoms with Crippen LogP contribution in [0.1, 0.15) is 36.5 Å².